The SMILES string of the molecule is COc1ccc([Si](C)(C)[C@@H]2[C@@H](CC(=O)N3Cc4ccccc4C[C@H]3CO)O[C@]3(C(=O)N(Cc4ccc(NC(=O)c5ccc(N)cc5)cc4)c4ccc(NC(=O)c5ccc(N)cc5)cc43)[C@H]2C)cc1. The van der Waals surface area contributed by atoms with E-state index < -0.39 is 31.7 Å². The normalized spacial score (nSPS) is 20.8. The molecule has 13 nitrogen and oxygen atoms in total. The Bertz CT molecular complexity index is 2870. The molecule has 3 aliphatic heterocycles. The first-order valence-electron chi connectivity index (χ1n) is 22.9. The quantitative estimate of drug-likeness (QED) is 0.0613. The molecule has 1 fully saturated rings. The number of aliphatic hydroxyl groups is 1. The number of carbonyl (C=O) groups excluding carboxylic acids is 4. The van der Waals surface area contributed by atoms with E-state index in [9.17, 15) is 19.5 Å². The largest absolute Gasteiger partial charge is 0.497 e. The van der Waals surface area contributed by atoms with Crippen molar-refractivity contribution in [1.29, 1.82) is 0 Å². The number of hydrogen-bond acceptors (Lipinski definition) is 9. The summed E-state index contributed by atoms with van der Waals surface area (Å²) in [6.45, 7) is 6.92. The molecule has 348 valence electrons. The lowest BCUT2D eigenvalue weighted by molar-refractivity contribution is -0.151. The summed E-state index contributed by atoms with van der Waals surface area (Å²) in [6, 6.07) is 41.7. The van der Waals surface area contributed by atoms with Crippen molar-refractivity contribution in [3.8, 4) is 5.75 Å². The summed E-state index contributed by atoms with van der Waals surface area (Å²) >= 11 is 0. The average Bonchev–Trinajstić information content (AvgIpc) is 3.77. The van der Waals surface area contributed by atoms with Gasteiger partial charge in [-0.2, -0.15) is 0 Å². The zero-order valence-electron chi connectivity index (χ0n) is 38.6. The monoisotopic (exact) mass is 928 g/mol. The molecule has 14 heteroatoms. The molecule has 1 saturated heterocycles. The third-order valence-corrected chi connectivity index (χ3v) is 18.6. The Labute approximate surface area is 397 Å². The van der Waals surface area contributed by atoms with Crippen molar-refractivity contribution in [2.24, 2.45) is 5.92 Å². The van der Waals surface area contributed by atoms with Crippen molar-refractivity contribution < 1.29 is 33.8 Å². The summed E-state index contributed by atoms with van der Waals surface area (Å²) in [5.41, 5.74) is 17.1. The number of ether oxygens (including phenoxy) is 2. The molecule has 5 atom stereocenters. The van der Waals surface area contributed by atoms with Gasteiger partial charge in [0.1, 0.15) is 5.75 Å². The first-order chi connectivity index (χ1) is 32.7. The highest BCUT2D eigenvalue weighted by atomic mass is 28.3. The smallest absolute Gasteiger partial charge is 0.264 e. The summed E-state index contributed by atoms with van der Waals surface area (Å²) in [7, 11) is -1.05. The van der Waals surface area contributed by atoms with Gasteiger partial charge in [0.2, 0.25) is 5.91 Å². The molecule has 68 heavy (non-hydrogen) atoms. The lowest BCUT2D eigenvalue weighted by atomic mass is 9.82. The minimum atomic E-state index is -2.68. The summed E-state index contributed by atoms with van der Waals surface area (Å²) in [6.07, 6.45) is -0.185. The van der Waals surface area contributed by atoms with Crippen LogP contribution in [0.2, 0.25) is 18.6 Å². The van der Waals surface area contributed by atoms with Crippen LogP contribution in [0.15, 0.2) is 140 Å². The minimum absolute atomic E-state index is 0.0122. The van der Waals surface area contributed by atoms with Gasteiger partial charge in [-0.3, -0.25) is 19.2 Å². The topological polar surface area (TPSA) is 190 Å². The second-order valence-corrected chi connectivity index (χ2v) is 23.4. The molecular weight excluding hydrogens is 873 g/mol. The first kappa shape index (κ1) is 45.9. The van der Waals surface area contributed by atoms with Crippen molar-refractivity contribution >= 4 is 65.3 Å². The van der Waals surface area contributed by atoms with Crippen LogP contribution in [-0.2, 0) is 39.4 Å². The van der Waals surface area contributed by atoms with E-state index in [1.807, 2.05) is 60.7 Å². The van der Waals surface area contributed by atoms with Crippen LogP contribution in [0.4, 0.5) is 28.4 Å². The number of nitrogens with zero attached hydrogens (tertiary/aromatic N) is 2. The number of benzene rings is 6. The number of carbonyl (C=O) groups is 4. The summed E-state index contributed by atoms with van der Waals surface area (Å²) in [5.74, 6) is -0.796. The second-order valence-electron chi connectivity index (χ2n) is 18.7. The third-order valence-electron chi connectivity index (χ3n) is 14.3. The maximum Gasteiger partial charge on any atom is 0.264 e. The van der Waals surface area contributed by atoms with Gasteiger partial charge in [-0.25, -0.2) is 0 Å². The van der Waals surface area contributed by atoms with E-state index in [2.05, 4.69) is 42.8 Å². The number of fused-ring (bicyclic) bond motifs is 3. The fourth-order valence-electron chi connectivity index (χ4n) is 10.6. The van der Waals surface area contributed by atoms with Crippen LogP contribution in [0, 0.1) is 5.92 Å². The van der Waals surface area contributed by atoms with E-state index in [-0.39, 0.29) is 48.7 Å². The highest BCUT2D eigenvalue weighted by molar-refractivity contribution is 6.91. The molecule has 4 amide bonds. The van der Waals surface area contributed by atoms with Crippen LogP contribution >= 0.6 is 0 Å². The first-order valence-corrected chi connectivity index (χ1v) is 26.0. The maximum atomic E-state index is 15.7. The number of nitrogens with one attached hydrogen (secondary N) is 2. The second kappa shape index (κ2) is 18.4. The number of rotatable bonds is 12. The molecule has 6 aromatic carbocycles. The van der Waals surface area contributed by atoms with Crippen molar-refractivity contribution in [3.05, 3.63) is 173 Å². The molecule has 6 aromatic rings. The van der Waals surface area contributed by atoms with Crippen LogP contribution < -0.4 is 36.9 Å². The van der Waals surface area contributed by atoms with Gasteiger partial charge in [0.05, 0.1) is 52.6 Å². The van der Waals surface area contributed by atoms with Gasteiger partial charge in [0, 0.05) is 51.9 Å². The van der Waals surface area contributed by atoms with Gasteiger partial charge >= 0.3 is 0 Å². The van der Waals surface area contributed by atoms with Gasteiger partial charge in [0.15, 0.2) is 5.60 Å². The van der Waals surface area contributed by atoms with Gasteiger partial charge in [-0.05, 0) is 120 Å². The van der Waals surface area contributed by atoms with Crippen molar-refractivity contribution in [2.75, 3.05) is 40.7 Å². The zero-order chi connectivity index (χ0) is 47.9. The standard InChI is InChI=1S/C54H56N6O7Si/c1-33-50(68(3,4)45-24-22-44(66-2)23-25-45)48(29-49(62)59-31-38-8-6-5-7-37(38)27-43(59)32-61)67-54(33)46-28-42(58-52(64)36-13-17-40(56)18-14-36)21-26-47(46)60(53(54)65)30-34-9-19-41(20-10-34)57-51(63)35-11-15-39(55)16-12-35/h5-26,28,33,43,48,50,61H,27,29-32,55-56H2,1-4H3,(H,57,63)(H,58,64)/t33-,43-,48+,50-,54+/m0/s1. The molecule has 3 aliphatic rings. The van der Waals surface area contributed by atoms with Crippen LogP contribution in [-0.4, -0.2) is 67.6 Å². The van der Waals surface area contributed by atoms with Gasteiger partial charge in [-0.1, -0.05) is 73.7 Å². The Balaban J connectivity index is 1.10. The third kappa shape index (κ3) is 8.50. The van der Waals surface area contributed by atoms with E-state index in [1.165, 1.54) is 0 Å². The van der Waals surface area contributed by atoms with E-state index in [4.69, 9.17) is 20.9 Å². The molecule has 0 bridgehead atoms. The molecule has 1 spiro atoms. The predicted molar refractivity (Wildman–Crippen MR) is 267 cm³/mol. The molecule has 0 aromatic heterocycles. The van der Waals surface area contributed by atoms with Gasteiger partial charge in [0.25, 0.3) is 17.7 Å². The fraction of sp³-hybridized carbons (Fsp3) is 0.259. The number of amides is 4. The highest BCUT2D eigenvalue weighted by Crippen LogP contribution is 2.60. The van der Waals surface area contributed by atoms with Crippen LogP contribution in [0.5, 0.6) is 5.75 Å². The lowest BCUT2D eigenvalue weighted by Crippen LogP contribution is -2.52. The predicted octanol–water partition coefficient (Wildman–Crippen LogP) is 7.46. The van der Waals surface area contributed by atoms with Crippen molar-refractivity contribution in [1.82, 2.24) is 4.90 Å². The highest BCUT2D eigenvalue weighted by Gasteiger charge is 2.66. The summed E-state index contributed by atoms with van der Waals surface area (Å²) in [4.78, 5) is 60.8. The van der Waals surface area contributed by atoms with E-state index >= 15 is 4.79 Å². The Morgan fingerprint density at radius 1 is 0.794 bits per heavy atom. The van der Waals surface area contributed by atoms with Gasteiger partial charge in [-0.15, -0.1) is 0 Å². The number of aliphatic hydroxyl groups excluding tert-OH is 1. The molecule has 9 rings (SSSR count). The van der Waals surface area contributed by atoms with E-state index in [0.29, 0.717) is 58.1 Å². The Hall–Kier alpha value is -7.26. The number of anilines is 5. The van der Waals surface area contributed by atoms with Crippen LogP contribution in [0.3, 0.4) is 0 Å². The molecule has 0 aliphatic carbocycles. The van der Waals surface area contributed by atoms with Crippen molar-refractivity contribution in [2.45, 2.75) is 69.2 Å². The number of nitrogen functional groups attached to an aromatic ring is 2. The van der Waals surface area contributed by atoms with Crippen LogP contribution in [0.1, 0.15) is 56.3 Å². The molecule has 3 heterocycles. The zero-order valence-corrected chi connectivity index (χ0v) is 39.6. The van der Waals surface area contributed by atoms with E-state index in [0.717, 1.165) is 27.6 Å². The van der Waals surface area contributed by atoms with Crippen LogP contribution in [0.25, 0.3) is 0 Å². The average molecular weight is 929 g/mol. The minimum Gasteiger partial charge on any atom is -0.497 e. The molecule has 0 saturated carbocycles. The molecular formula is C54H56N6O7Si. The molecule has 0 unspecified atom stereocenters. The Morgan fingerprint density at radius 3 is 1.99 bits per heavy atom. The fourth-order valence-corrected chi connectivity index (χ4v) is 14.6. The summed E-state index contributed by atoms with van der Waals surface area (Å²) < 4.78 is 12.9. The lowest BCUT2D eigenvalue weighted by Gasteiger charge is -2.39. The Morgan fingerprint density at radius 2 is 1.38 bits per heavy atom. The molecule has 0 radical (unpaired) electrons. The maximum absolute atomic E-state index is 15.7. The van der Waals surface area contributed by atoms with E-state index in [1.54, 1.807) is 83.6 Å². The number of nitrogens with two attached hydrogens (primary N) is 2. The number of methoxy groups -OCH3 is 1. The van der Waals surface area contributed by atoms with Crippen molar-refractivity contribution in [3.63, 3.8) is 0 Å². The number of hydrogen-bond donors (Lipinski definition) is 5. The molecule has 7 N–H and O–H groups in total. The van der Waals surface area contributed by atoms with Gasteiger partial charge < -0.3 is 46.5 Å². The summed E-state index contributed by atoms with van der Waals surface area (Å²) in [5, 5.41) is 17.7. The Kier molecular flexibility index (Phi) is 12.4.